The Balaban J connectivity index is 1.76. The normalized spacial score (nSPS) is 10.1. The Morgan fingerprint density at radius 1 is 1.25 bits per heavy atom. The summed E-state index contributed by atoms with van der Waals surface area (Å²) in [7, 11) is 0. The molecule has 2 aromatic rings. The van der Waals surface area contributed by atoms with E-state index in [9.17, 15) is 9.59 Å². The Morgan fingerprint density at radius 3 is 2.75 bits per heavy atom. The lowest BCUT2D eigenvalue weighted by atomic mass is 10.2. The average molecular weight is 294 g/mol. The largest absolute Gasteiger partial charge is 0.472 e. The van der Waals surface area contributed by atoms with Crippen LogP contribution in [0, 0.1) is 0 Å². The van der Waals surface area contributed by atoms with Crippen LogP contribution in [0.3, 0.4) is 0 Å². The summed E-state index contributed by atoms with van der Waals surface area (Å²) in [6, 6.07) is 8.64. The average Bonchev–Trinajstić information content (AvgIpc) is 2.98. The molecule has 5 nitrogen and oxygen atoms in total. The van der Waals surface area contributed by atoms with Gasteiger partial charge in [-0.15, -0.1) is 0 Å². The quantitative estimate of drug-likeness (QED) is 0.860. The maximum Gasteiger partial charge on any atom is 0.341 e. The van der Waals surface area contributed by atoms with E-state index in [1.165, 1.54) is 18.6 Å². The third-order valence-corrected chi connectivity index (χ3v) is 2.89. The van der Waals surface area contributed by atoms with Crippen LogP contribution in [-0.2, 0) is 16.1 Å². The van der Waals surface area contributed by atoms with Gasteiger partial charge >= 0.3 is 5.97 Å². The fourth-order valence-corrected chi connectivity index (χ4v) is 1.68. The van der Waals surface area contributed by atoms with Gasteiger partial charge in [-0.2, -0.15) is 0 Å². The van der Waals surface area contributed by atoms with Crippen molar-refractivity contribution in [3.8, 4) is 0 Å². The van der Waals surface area contributed by atoms with Crippen LogP contribution in [0.25, 0.3) is 0 Å². The maximum absolute atomic E-state index is 11.5. The molecule has 0 saturated carbocycles. The molecule has 1 aromatic heterocycles. The summed E-state index contributed by atoms with van der Waals surface area (Å²) in [6.07, 6.45) is 2.61. The van der Waals surface area contributed by atoms with E-state index in [1.807, 2.05) is 6.07 Å². The van der Waals surface area contributed by atoms with Crippen molar-refractivity contribution >= 4 is 23.5 Å². The molecular weight excluding hydrogens is 282 g/mol. The molecule has 2 rings (SSSR count). The third kappa shape index (κ3) is 3.86. The van der Waals surface area contributed by atoms with Gasteiger partial charge in [0.2, 0.25) is 0 Å². The van der Waals surface area contributed by atoms with Crippen LogP contribution in [0.1, 0.15) is 15.9 Å². The van der Waals surface area contributed by atoms with E-state index >= 15 is 0 Å². The van der Waals surface area contributed by atoms with Crippen molar-refractivity contribution in [3.05, 3.63) is 59.0 Å². The van der Waals surface area contributed by atoms with Gasteiger partial charge in [0.25, 0.3) is 5.91 Å². The van der Waals surface area contributed by atoms with Crippen molar-refractivity contribution in [1.82, 2.24) is 5.32 Å². The highest BCUT2D eigenvalue weighted by molar-refractivity contribution is 6.31. The smallest absolute Gasteiger partial charge is 0.341 e. The summed E-state index contributed by atoms with van der Waals surface area (Å²) in [5.74, 6) is -1.01. The molecule has 0 aliphatic carbocycles. The summed E-state index contributed by atoms with van der Waals surface area (Å²) in [5.41, 5.74) is 1.06. The van der Waals surface area contributed by atoms with E-state index in [1.54, 1.807) is 18.2 Å². The first-order valence-corrected chi connectivity index (χ1v) is 6.24. The van der Waals surface area contributed by atoms with Gasteiger partial charge in [0.1, 0.15) is 6.26 Å². The Hall–Kier alpha value is -2.27. The van der Waals surface area contributed by atoms with Gasteiger partial charge in [0.15, 0.2) is 6.61 Å². The van der Waals surface area contributed by atoms with Crippen LogP contribution in [0.2, 0.25) is 5.02 Å². The lowest BCUT2D eigenvalue weighted by molar-refractivity contribution is -0.124. The number of halogens is 1. The fraction of sp³-hybridized carbons (Fsp3) is 0.143. The number of esters is 1. The zero-order valence-electron chi connectivity index (χ0n) is 10.5. The number of benzene rings is 1. The third-order valence-electron chi connectivity index (χ3n) is 2.53. The Kier molecular flexibility index (Phi) is 4.79. The number of amides is 1. The van der Waals surface area contributed by atoms with Crippen LogP contribution < -0.4 is 5.32 Å². The molecule has 0 spiro atoms. The summed E-state index contributed by atoms with van der Waals surface area (Å²) < 4.78 is 9.57. The summed E-state index contributed by atoms with van der Waals surface area (Å²) >= 11 is 5.96. The van der Waals surface area contributed by atoms with E-state index in [-0.39, 0.29) is 18.7 Å². The van der Waals surface area contributed by atoms with Crippen LogP contribution in [0.15, 0.2) is 47.3 Å². The van der Waals surface area contributed by atoms with Gasteiger partial charge in [-0.25, -0.2) is 4.79 Å². The first kappa shape index (κ1) is 14.1. The number of carbonyl (C=O) groups is 2. The molecule has 0 aliphatic heterocycles. The first-order chi connectivity index (χ1) is 9.66. The first-order valence-electron chi connectivity index (χ1n) is 5.86. The Bertz CT molecular complexity index is 595. The minimum atomic E-state index is -0.605. The number of furan rings is 1. The van der Waals surface area contributed by atoms with Gasteiger partial charge in [0.05, 0.1) is 11.8 Å². The van der Waals surface area contributed by atoms with Crippen LogP contribution >= 0.6 is 11.6 Å². The molecule has 0 atom stereocenters. The van der Waals surface area contributed by atoms with Gasteiger partial charge in [-0.3, -0.25) is 4.79 Å². The van der Waals surface area contributed by atoms with Crippen molar-refractivity contribution in [2.45, 2.75) is 6.54 Å². The lowest BCUT2D eigenvalue weighted by Gasteiger charge is -2.07. The van der Waals surface area contributed by atoms with E-state index in [0.717, 1.165) is 5.56 Å². The molecule has 104 valence electrons. The van der Waals surface area contributed by atoms with E-state index in [2.05, 4.69) is 5.32 Å². The predicted octanol–water partition coefficient (Wildman–Crippen LogP) is 2.41. The van der Waals surface area contributed by atoms with E-state index < -0.39 is 11.9 Å². The van der Waals surface area contributed by atoms with Crippen molar-refractivity contribution in [1.29, 1.82) is 0 Å². The topological polar surface area (TPSA) is 68.5 Å². The molecule has 6 heteroatoms. The van der Waals surface area contributed by atoms with Crippen LogP contribution in [-0.4, -0.2) is 18.5 Å². The van der Waals surface area contributed by atoms with Gasteiger partial charge in [0, 0.05) is 11.6 Å². The second-order valence-corrected chi connectivity index (χ2v) is 4.36. The SMILES string of the molecule is O=C(COC(=O)c1ccoc1)NCc1ccccc1Cl. The monoisotopic (exact) mass is 293 g/mol. The summed E-state index contributed by atoms with van der Waals surface area (Å²) in [6.45, 7) is -0.0732. The molecule has 1 N–H and O–H groups in total. The Morgan fingerprint density at radius 2 is 2.05 bits per heavy atom. The van der Waals surface area contributed by atoms with Crippen molar-refractivity contribution in [2.24, 2.45) is 0 Å². The Labute approximate surface area is 120 Å². The van der Waals surface area contributed by atoms with Crippen molar-refractivity contribution in [2.75, 3.05) is 6.61 Å². The highest BCUT2D eigenvalue weighted by Gasteiger charge is 2.11. The van der Waals surface area contributed by atoms with E-state index in [4.69, 9.17) is 20.8 Å². The molecular formula is C14H12ClNO4. The van der Waals surface area contributed by atoms with Gasteiger partial charge in [-0.1, -0.05) is 29.8 Å². The second-order valence-electron chi connectivity index (χ2n) is 3.96. The number of nitrogens with one attached hydrogen (secondary N) is 1. The second kappa shape index (κ2) is 6.77. The number of rotatable bonds is 5. The maximum atomic E-state index is 11.5. The zero-order chi connectivity index (χ0) is 14.4. The minimum Gasteiger partial charge on any atom is -0.472 e. The predicted molar refractivity (Wildman–Crippen MR) is 72.3 cm³/mol. The fourth-order valence-electron chi connectivity index (χ4n) is 1.48. The standard InChI is InChI=1S/C14H12ClNO4/c15-12-4-2-1-3-10(12)7-16-13(17)9-20-14(18)11-5-6-19-8-11/h1-6,8H,7,9H2,(H,16,17). The number of carbonyl (C=O) groups excluding carboxylic acids is 2. The number of ether oxygens (including phenoxy) is 1. The summed E-state index contributed by atoms with van der Waals surface area (Å²) in [5, 5.41) is 3.19. The zero-order valence-corrected chi connectivity index (χ0v) is 11.2. The van der Waals surface area contributed by atoms with Crippen molar-refractivity contribution in [3.63, 3.8) is 0 Å². The molecule has 0 bridgehead atoms. The van der Waals surface area contributed by atoms with E-state index in [0.29, 0.717) is 5.02 Å². The molecule has 20 heavy (non-hydrogen) atoms. The van der Waals surface area contributed by atoms with Crippen molar-refractivity contribution < 1.29 is 18.7 Å². The van der Waals surface area contributed by atoms with Crippen LogP contribution in [0.4, 0.5) is 0 Å². The number of hydrogen-bond acceptors (Lipinski definition) is 4. The molecule has 0 unspecified atom stereocenters. The highest BCUT2D eigenvalue weighted by Crippen LogP contribution is 2.14. The van der Waals surface area contributed by atoms with Gasteiger partial charge < -0.3 is 14.5 Å². The number of hydrogen-bond donors (Lipinski definition) is 1. The molecule has 0 saturated heterocycles. The highest BCUT2D eigenvalue weighted by atomic mass is 35.5. The molecule has 0 fully saturated rings. The van der Waals surface area contributed by atoms with Crippen LogP contribution in [0.5, 0.6) is 0 Å². The van der Waals surface area contributed by atoms with Gasteiger partial charge in [-0.05, 0) is 17.7 Å². The molecule has 1 aromatic carbocycles. The molecule has 0 radical (unpaired) electrons. The molecule has 0 aliphatic rings. The minimum absolute atomic E-state index is 0.268. The molecule has 1 heterocycles. The molecule has 1 amide bonds. The summed E-state index contributed by atoms with van der Waals surface area (Å²) in [4.78, 5) is 23.0. The lowest BCUT2D eigenvalue weighted by Crippen LogP contribution is -2.28.